The van der Waals surface area contributed by atoms with Gasteiger partial charge in [-0.3, -0.25) is 9.52 Å². The Morgan fingerprint density at radius 2 is 1.78 bits per heavy atom. The van der Waals surface area contributed by atoms with Crippen LogP contribution < -0.4 is 10.5 Å². The second-order valence-corrected chi connectivity index (χ2v) is 8.20. The van der Waals surface area contributed by atoms with Gasteiger partial charge in [0.2, 0.25) is 5.91 Å². The summed E-state index contributed by atoms with van der Waals surface area (Å²) in [5, 5.41) is 0.437. The quantitative estimate of drug-likeness (QED) is 0.613. The second-order valence-electron chi connectivity index (χ2n) is 5.52. The Labute approximate surface area is 159 Å². The predicted octanol–water partition coefficient (Wildman–Crippen LogP) is 2.98. The number of rotatable bonds is 6. The van der Waals surface area contributed by atoms with Gasteiger partial charge in [0, 0.05) is 21.3 Å². The van der Waals surface area contributed by atoms with Gasteiger partial charge in [0.05, 0.1) is 6.61 Å². The molecule has 1 heterocycles. The van der Waals surface area contributed by atoms with Gasteiger partial charge in [-0.25, -0.2) is 13.2 Å². The summed E-state index contributed by atoms with van der Waals surface area (Å²) in [5.41, 5.74) is 5.68. The van der Waals surface area contributed by atoms with Crippen molar-refractivity contribution in [3.8, 4) is 0 Å². The van der Waals surface area contributed by atoms with Gasteiger partial charge in [0.25, 0.3) is 10.0 Å². The van der Waals surface area contributed by atoms with Crippen LogP contribution in [0.1, 0.15) is 27.0 Å². The molecule has 3 aromatic rings. The number of anilines is 1. The summed E-state index contributed by atoms with van der Waals surface area (Å²) in [6.45, 7) is 1.78. The average molecular weight is 404 g/mol. The lowest BCUT2D eigenvalue weighted by molar-refractivity contribution is 0.0528. The van der Waals surface area contributed by atoms with Crippen LogP contribution in [0, 0.1) is 0 Å². The largest absolute Gasteiger partial charge is 0.462 e. The maximum atomic E-state index is 13.0. The molecule has 0 aliphatic rings. The zero-order valence-corrected chi connectivity index (χ0v) is 15.9. The fourth-order valence-corrected chi connectivity index (χ4v) is 5.38. The van der Waals surface area contributed by atoms with Crippen molar-refractivity contribution in [3.63, 3.8) is 0 Å². The summed E-state index contributed by atoms with van der Waals surface area (Å²) in [5.74, 6) is -1.30. The number of fused-ring (bicyclic) bond motifs is 1. The van der Waals surface area contributed by atoms with Crippen molar-refractivity contribution < 1.29 is 22.7 Å². The number of nitrogens with two attached hydrogens (primary N) is 1. The fourth-order valence-electron chi connectivity index (χ4n) is 2.53. The van der Waals surface area contributed by atoms with Crippen LogP contribution in [-0.4, -0.2) is 26.9 Å². The van der Waals surface area contributed by atoms with Gasteiger partial charge in [-0.2, -0.15) is 0 Å². The molecule has 0 saturated heterocycles. The topological polar surface area (TPSA) is 116 Å². The molecule has 0 aliphatic carbocycles. The van der Waals surface area contributed by atoms with Gasteiger partial charge < -0.3 is 10.5 Å². The maximum absolute atomic E-state index is 13.0. The van der Waals surface area contributed by atoms with E-state index < -0.39 is 21.9 Å². The highest BCUT2D eigenvalue weighted by Crippen LogP contribution is 2.36. The van der Waals surface area contributed by atoms with Crippen molar-refractivity contribution in [2.24, 2.45) is 5.73 Å². The van der Waals surface area contributed by atoms with Crippen LogP contribution >= 0.6 is 11.3 Å². The van der Waals surface area contributed by atoms with E-state index in [1.54, 1.807) is 31.2 Å². The Morgan fingerprint density at radius 1 is 1.11 bits per heavy atom. The minimum atomic E-state index is -4.08. The molecule has 0 aliphatic heterocycles. The van der Waals surface area contributed by atoms with E-state index in [-0.39, 0.29) is 27.6 Å². The van der Waals surface area contributed by atoms with E-state index in [0.717, 1.165) is 11.3 Å². The molecule has 3 rings (SSSR count). The number of thiophene rings is 1. The monoisotopic (exact) mass is 404 g/mol. The molecule has 0 atom stereocenters. The van der Waals surface area contributed by atoms with Crippen molar-refractivity contribution in [1.82, 2.24) is 0 Å². The summed E-state index contributed by atoms with van der Waals surface area (Å²) in [6, 6.07) is 12.5. The first-order chi connectivity index (χ1) is 12.8. The van der Waals surface area contributed by atoms with Crippen molar-refractivity contribution in [3.05, 3.63) is 59.0 Å². The van der Waals surface area contributed by atoms with Gasteiger partial charge in [-0.05, 0) is 37.3 Å². The number of benzene rings is 2. The molecule has 0 saturated carbocycles. The number of hydrogen-bond acceptors (Lipinski definition) is 6. The van der Waals surface area contributed by atoms with Crippen LogP contribution in [0.5, 0.6) is 0 Å². The Kier molecular flexibility index (Phi) is 5.15. The Bertz CT molecular complexity index is 1120. The normalized spacial score (nSPS) is 11.3. The molecule has 140 valence electrons. The molecular weight excluding hydrogens is 388 g/mol. The van der Waals surface area contributed by atoms with Crippen molar-refractivity contribution in [1.29, 1.82) is 0 Å². The van der Waals surface area contributed by atoms with Crippen LogP contribution in [0.2, 0.25) is 0 Å². The minimum Gasteiger partial charge on any atom is -0.462 e. The first-order valence-corrected chi connectivity index (χ1v) is 10.2. The van der Waals surface area contributed by atoms with Crippen molar-refractivity contribution >= 4 is 49.0 Å². The zero-order chi connectivity index (χ0) is 19.6. The number of amides is 1. The highest BCUT2D eigenvalue weighted by atomic mass is 32.2. The molecule has 1 aromatic heterocycles. The lowest BCUT2D eigenvalue weighted by Crippen LogP contribution is -2.17. The highest BCUT2D eigenvalue weighted by molar-refractivity contribution is 7.93. The van der Waals surface area contributed by atoms with Crippen LogP contribution in [0.25, 0.3) is 10.1 Å². The first-order valence-electron chi connectivity index (χ1n) is 7.95. The van der Waals surface area contributed by atoms with Gasteiger partial charge in [-0.15, -0.1) is 11.3 Å². The van der Waals surface area contributed by atoms with Gasteiger partial charge in [-0.1, -0.05) is 18.2 Å². The molecule has 2 aromatic carbocycles. The van der Waals surface area contributed by atoms with Crippen molar-refractivity contribution in [2.45, 2.75) is 11.8 Å². The number of primary amides is 1. The third kappa shape index (κ3) is 3.79. The van der Waals surface area contributed by atoms with E-state index in [1.807, 2.05) is 0 Å². The van der Waals surface area contributed by atoms with E-state index in [4.69, 9.17) is 10.5 Å². The summed E-state index contributed by atoms with van der Waals surface area (Å²) in [4.78, 5) is 23.3. The summed E-state index contributed by atoms with van der Waals surface area (Å²) in [7, 11) is -4.08. The Hall–Kier alpha value is -2.91. The van der Waals surface area contributed by atoms with E-state index in [9.17, 15) is 18.0 Å². The number of hydrogen-bond donors (Lipinski definition) is 2. The predicted molar refractivity (Wildman–Crippen MR) is 104 cm³/mol. The third-order valence-corrected chi connectivity index (χ3v) is 6.45. The highest BCUT2D eigenvalue weighted by Gasteiger charge is 2.29. The molecule has 0 bridgehead atoms. The number of carbonyl (C=O) groups excluding carboxylic acids is 2. The second kappa shape index (κ2) is 7.37. The zero-order valence-electron chi connectivity index (χ0n) is 14.3. The standard InChI is InChI=1S/C18H16N2O5S2/c1-2-25-18(22)15-16(13-5-3-4-6-14(13)26-15)27(23,24)20-12-9-7-11(8-10-12)17(19)21/h3-10,20H,2H2,1H3,(H2,19,21). The van der Waals surface area contributed by atoms with Crippen LogP contribution in [0.15, 0.2) is 53.4 Å². The number of esters is 1. The number of ether oxygens (including phenoxy) is 1. The first kappa shape index (κ1) is 18.9. The molecule has 1 amide bonds. The van der Waals surface area contributed by atoms with Crippen LogP contribution in [-0.2, 0) is 14.8 Å². The number of nitrogens with one attached hydrogen (secondary N) is 1. The summed E-state index contributed by atoms with van der Waals surface area (Å²) in [6.07, 6.45) is 0. The van der Waals surface area contributed by atoms with Crippen LogP contribution in [0.4, 0.5) is 5.69 Å². The molecule has 0 unspecified atom stereocenters. The molecule has 0 radical (unpaired) electrons. The van der Waals surface area contributed by atoms with Gasteiger partial charge >= 0.3 is 5.97 Å². The lowest BCUT2D eigenvalue weighted by atomic mass is 10.2. The molecule has 0 spiro atoms. The molecular formula is C18H16N2O5S2. The maximum Gasteiger partial charge on any atom is 0.349 e. The number of sulfonamides is 1. The smallest absolute Gasteiger partial charge is 0.349 e. The average Bonchev–Trinajstić information content (AvgIpc) is 3.02. The Balaban J connectivity index is 2.07. The fraction of sp³-hybridized carbons (Fsp3) is 0.111. The van der Waals surface area contributed by atoms with E-state index in [1.165, 1.54) is 24.3 Å². The molecule has 7 nitrogen and oxygen atoms in total. The lowest BCUT2D eigenvalue weighted by Gasteiger charge is -2.10. The number of carbonyl (C=O) groups is 2. The summed E-state index contributed by atoms with van der Waals surface area (Å²) < 4.78 is 34.1. The molecule has 9 heteroatoms. The SMILES string of the molecule is CCOC(=O)c1sc2ccccc2c1S(=O)(=O)Nc1ccc(C(N)=O)cc1. The van der Waals surface area contributed by atoms with E-state index >= 15 is 0 Å². The molecule has 3 N–H and O–H groups in total. The molecule has 0 fully saturated rings. The minimum absolute atomic E-state index is 0.0132. The van der Waals surface area contributed by atoms with Crippen LogP contribution in [0.3, 0.4) is 0 Å². The van der Waals surface area contributed by atoms with E-state index in [2.05, 4.69) is 4.72 Å². The van der Waals surface area contributed by atoms with Gasteiger partial charge in [0.15, 0.2) is 0 Å². The third-order valence-electron chi connectivity index (χ3n) is 3.70. The van der Waals surface area contributed by atoms with E-state index in [0.29, 0.717) is 10.1 Å². The molecule has 27 heavy (non-hydrogen) atoms. The van der Waals surface area contributed by atoms with Crippen molar-refractivity contribution in [2.75, 3.05) is 11.3 Å². The van der Waals surface area contributed by atoms with Gasteiger partial charge in [0.1, 0.15) is 9.77 Å². The summed E-state index contributed by atoms with van der Waals surface area (Å²) >= 11 is 1.06. The Morgan fingerprint density at radius 3 is 2.41 bits per heavy atom.